The molecule has 0 saturated carbocycles. The van der Waals surface area contributed by atoms with Crippen LogP contribution in [-0.2, 0) is 18.0 Å². The van der Waals surface area contributed by atoms with E-state index < -0.39 is 0 Å². The summed E-state index contributed by atoms with van der Waals surface area (Å²) in [5.74, 6) is 0.112. The fourth-order valence-electron chi connectivity index (χ4n) is 1.93. The van der Waals surface area contributed by atoms with Gasteiger partial charge in [-0.3, -0.25) is 0 Å². The van der Waals surface area contributed by atoms with Crippen LogP contribution in [0.5, 0.6) is 0 Å². The van der Waals surface area contributed by atoms with Gasteiger partial charge in [0.1, 0.15) is 0 Å². The molecule has 3 N–H and O–H groups in total. The highest BCUT2D eigenvalue weighted by Gasteiger charge is 2.04. The number of aryl methyl sites for hydroxylation is 1. The van der Waals surface area contributed by atoms with Crippen molar-refractivity contribution in [2.24, 2.45) is 10.9 Å². The summed E-state index contributed by atoms with van der Waals surface area (Å²) in [6.45, 7) is 3.07. The van der Waals surface area contributed by atoms with Gasteiger partial charge >= 0.3 is 0 Å². The van der Waals surface area contributed by atoms with E-state index in [2.05, 4.69) is 21.1 Å². The van der Waals surface area contributed by atoms with Gasteiger partial charge in [-0.15, -0.1) is 0 Å². The summed E-state index contributed by atoms with van der Waals surface area (Å²) in [5, 5.41) is 11.7. The first kappa shape index (κ1) is 15.5. The summed E-state index contributed by atoms with van der Waals surface area (Å²) in [4.78, 5) is 0. The topological polar surface area (TPSA) is 67.8 Å². The van der Waals surface area contributed by atoms with Gasteiger partial charge in [-0.25, -0.2) is 0 Å². The smallest absolute Gasteiger partial charge is 0.170 e. The van der Waals surface area contributed by atoms with E-state index in [1.54, 1.807) is 0 Å². The van der Waals surface area contributed by atoms with E-state index in [0.29, 0.717) is 18.8 Å². The van der Waals surface area contributed by atoms with Crippen molar-refractivity contribution in [3.8, 4) is 0 Å². The van der Waals surface area contributed by atoms with E-state index in [1.807, 2.05) is 49.4 Å². The van der Waals surface area contributed by atoms with Crippen molar-refractivity contribution in [2.75, 3.05) is 0 Å². The van der Waals surface area contributed by atoms with Crippen LogP contribution in [0.1, 0.15) is 22.3 Å². The first-order valence-electron chi connectivity index (χ1n) is 6.50. The molecule has 0 radical (unpaired) electrons. The predicted octanol–water partition coefficient (Wildman–Crippen LogP) is 3.57. The zero-order valence-electron chi connectivity index (χ0n) is 11.7. The normalized spacial score (nSPS) is 11.6. The van der Waals surface area contributed by atoms with E-state index in [0.717, 1.165) is 21.2 Å². The second kappa shape index (κ2) is 7.24. The van der Waals surface area contributed by atoms with Crippen LogP contribution in [0.2, 0.25) is 0 Å². The van der Waals surface area contributed by atoms with Gasteiger partial charge in [0.2, 0.25) is 0 Å². The van der Waals surface area contributed by atoms with Crippen molar-refractivity contribution in [3.05, 3.63) is 69.2 Å². The zero-order valence-corrected chi connectivity index (χ0v) is 13.3. The number of hydrogen-bond acceptors (Lipinski definition) is 3. The van der Waals surface area contributed by atoms with Crippen LogP contribution in [-0.4, -0.2) is 11.0 Å². The van der Waals surface area contributed by atoms with E-state index in [1.165, 1.54) is 0 Å². The molecule has 0 heterocycles. The first-order chi connectivity index (χ1) is 10.1. The lowest BCUT2D eigenvalue weighted by molar-refractivity contribution is 0.107. The molecule has 0 aromatic heterocycles. The number of amidine groups is 1. The van der Waals surface area contributed by atoms with Crippen LogP contribution in [0, 0.1) is 6.92 Å². The number of rotatable bonds is 5. The number of ether oxygens (including phenoxy) is 1. The molecule has 0 atom stereocenters. The third-order valence-corrected chi connectivity index (χ3v) is 3.71. The van der Waals surface area contributed by atoms with Crippen LogP contribution in [0.25, 0.3) is 0 Å². The van der Waals surface area contributed by atoms with E-state index in [4.69, 9.17) is 15.7 Å². The molecule has 0 spiro atoms. The summed E-state index contributed by atoms with van der Waals surface area (Å²) < 4.78 is 6.78. The summed E-state index contributed by atoms with van der Waals surface area (Å²) in [6, 6.07) is 13.7. The SMILES string of the molecule is Cc1cc(/C(N)=N/O)ccc1COCc1ccc(Br)cc1. The van der Waals surface area contributed by atoms with Gasteiger partial charge in [-0.2, -0.15) is 0 Å². The average Bonchev–Trinajstić information content (AvgIpc) is 2.50. The minimum absolute atomic E-state index is 0.112. The minimum atomic E-state index is 0.112. The van der Waals surface area contributed by atoms with Crippen LogP contribution in [0.4, 0.5) is 0 Å². The van der Waals surface area contributed by atoms with Gasteiger partial charge in [0.15, 0.2) is 5.84 Å². The van der Waals surface area contributed by atoms with Gasteiger partial charge in [-0.05, 0) is 41.8 Å². The van der Waals surface area contributed by atoms with Gasteiger partial charge in [-0.1, -0.05) is 45.4 Å². The van der Waals surface area contributed by atoms with Crippen LogP contribution < -0.4 is 5.73 Å². The molecule has 0 fully saturated rings. The summed E-state index contributed by atoms with van der Waals surface area (Å²) in [5.41, 5.74) is 9.53. The third kappa shape index (κ3) is 4.31. The van der Waals surface area contributed by atoms with Crippen LogP contribution in [0.15, 0.2) is 52.1 Å². The molecule has 0 aliphatic carbocycles. The Labute approximate surface area is 132 Å². The molecular weight excluding hydrogens is 332 g/mol. The lowest BCUT2D eigenvalue weighted by Gasteiger charge is -2.09. The Balaban J connectivity index is 1.96. The van der Waals surface area contributed by atoms with Crippen molar-refractivity contribution in [3.63, 3.8) is 0 Å². The molecular formula is C16H17BrN2O2. The molecule has 0 aliphatic rings. The maximum absolute atomic E-state index is 8.67. The van der Waals surface area contributed by atoms with E-state index in [-0.39, 0.29) is 5.84 Å². The molecule has 0 bridgehead atoms. The summed E-state index contributed by atoms with van der Waals surface area (Å²) >= 11 is 3.41. The molecule has 0 saturated heterocycles. The van der Waals surface area contributed by atoms with Crippen molar-refractivity contribution in [1.29, 1.82) is 0 Å². The Morgan fingerprint density at radius 1 is 1.19 bits per heavy atom. The maximum atomic E-state index is 8.67. The average molecular weight is 349 g/mol. The van der Waals surface area contributed by atoms with Crippen LogP contribution in [0.3, 0.4) is 0 Å². The standard InChI is InChI=1S/C16H17BrN2O2/c1-11-8-13(16(18)19-20)4-5-14(11)10-21-9-12-2-6-15(17)7-3-12/h2-8,20H,9-10H2,1H3,(H2,18,19). The Hall–Kier alpha value is -1.85. The maximum Gasteiger partial charge on any atom is 0.170 e. The van der Waals surface area contributed by atoms with Crippen LogP contribution >= 0.6 is 15.9 Å². The molecule has 2 aromatic carbocycles. The van der Waals surface area contributed by atoms with Gasteiger partial charge < -0.3 is 15.7 Å². The first-order valence-corrected chi connectivity index (χ1v) is 7.29. The van der Waals surface area contributed by atoms with E-state index in [9.17, 15) is 0 Å². The molecule has 2 rings (SSSR count). The Morgan fingerprint density at radius 2 is 1.90 bits per heavy atom. The van der Waals surface area contributed by atoms with Gasteiger partial charge in [0.25, 0.3) is 0 Å². The summed E-state index contributed by atoms with van der Waals surface area (Å²) in [7, 11) is 0. The number of oxime groups is 1. The molecule has 0 aliphatic heterocycles. The predicted molar refractivity (Wildman–Crippen MR) is 86.3 cm³/mol. The molecule has 4 nitrogen and oxygen atoms in total. The minimum Gasteiger partial charge on any atom is -0.409 e. The second-order valence-corrected chi connectivity index (χ2v) is 5.66. The molecule has 0 unspecified atom stereocenters. The Bertz CT molecular complexity index is 639. The highest BCUT2D eigenvalue weighted by atomic mass is 79.9. The van der Waals surface area contributed by atoms with Gasteiger partial charge in [0, 0.05) is 10.0 Å². The number of nitrogens with zero attached hydrogens (tertiary/aromatic N) is 1. The lowest BCUT2D eigenvalue weighted by Crippen LogP contribution is -2.13. The van der Waals surface area contributed by atoms with E-state index >= 15 is 0 Å². The van der Waals surface area contributed by atoms with Crippen molar-refractivity contribution in [2.45, 2.75) is 20.1 Å². The van der Waals surface area contributed by atoms with Crippen molar-refractivity contribution >= 4 is 21.8 Å². The Kier molecular flexibility index (Phi) is 5.36. The zero-order chi connectivity index (χ0) is 15.2. The lowest BCUT2D eigenvalue weighted by atomic mass is 10.1. The molecule has 5 heteroatoms. The molecule has 0 amide bonds. The highest BCUT2D eigenvalue weighted by Crippen LogP contribution is 2.15. The molecule has 2 aromatic rings. The number of benzene rings is 2. The molecule has 21 heavy (non-hydrogen) atoms. The number of hydrogen-bond donors (Lipinski definition) is 2. The fourth-order valence-corrected chi connectivity index (χ4v) is 2.20. The molecule has 110 valence electrons. The number of halogens is 1. The largest absolute Gasteiger partial charge is 0.409 e. The highest BCUT2D eigenvalue weighted by molar-refractivity contribution is 9.10. The quantitative estimate of drug-likeness (QED) is 0.375. The summed E-state index contributed by atoms with van der Waals surface area (Å²) in [6.07, 6.45) is 0. The fraction of sp³-hybridized carbons (Fsp3) is 0.188. The van der Waals surface area contributed by atoms with Crippen molar-refractivity contribution < 1.29 is 9.94 Å². The second-order valence-electron chi connectivity index (χ2n) is 4.75. The Morgan fingerprint density at radius 3 is 2.52 bits per heavy atom. The number of nitrogens with two attached hydrogens (primary N) is 1. The van der Waals surface area contributed by atoms with Gasteiger partial charge in [0.05, 0.1) is 13.2 Å². The monoisotopic (exact) mass is 348 g/mol. The van der Waals surface area contributed by atoms with Crippen molar-refractivity contribution in [1.82, 2.24) is 0 Å². The third-order valence-electron chi connectivity index (χ3n) is 3.19.